The maximum absolute atomic E-state index is 12.6. The number of fused-ring (bicyclic) bond motifs is 1. The quantitative estimate of drug-likeness (QED) is 0.709. The number of amides is 1. The average molecular weight is 355 g/mol. The summed E-state index contributed by atoms with van der Waals surface area (Å²) in [7, 11) is 1.86. The minimum Gasteiger partial charge on any atom is -0.345 e. The molecule has 1 fully saturated rings. The van der Waals surface area contributed by atoms with Crippen LogP contribution in [0.1, 0.15) is 21.7 Å². The van der Waals surface area contributed by atoms with Crippen LogP contribution in [0.4, 0.5) is 5.13 Å². The summed E-state index contributed by atoms with van der Waals surface area (Å²) in [6, 6.07) is 8.20. The first kappa shape index (κ1) is 16.1. The Kier molecular flexibility index (Phi) is 3.95. The van der Waals surface area contributed by atoms with Crippen molar-refractivity contribution in [3.05, 3.63) is 41.2 Å². The van der Waals surface area contributed by atoms with E-state index in [2.05, 4.69) is 35.1 Å². The number of piperazine rings is 1. The molecule has 1 aromatic carbocycles. The summed E-state index contributed by atoms with van der Waals surface area (Å²) in [4.78, 5) is 21.5. The van der Waals surface area contributed by atoms with Crippen molar-refractivity contribution in [2.75, 3.05) is 31.1 Å². The number of hydrogen-bond donors (Lipinski definition) is 0. The van der Waals surface area contributed by atoms with Crippen LogP contribution in [0.2, 0.25) is 0 Å². The van der Waals surface area contributed by atoms with E-state index in [9.17, 15) is 4.79 Å². The highest BCUT2D eigenvalue weighted by Crippen LogP contribution is 2.30. The van der Waals surface area contributed by atoms with Crippen molar-refractivity contribution in [3.8, 4) is 0 Å². The van der Waals surface area contributed by atoms with Crippen LogP contribution < -0.4 is 4.90 Å². The van der Waals surface area contributed by atoms with Gasteiger partial charge in [-0.1, -0.05) is 17.4 Å². The maximum atomic E-state index is 12.6. The Labute approximate surface area is 150 Å². The van der Waals surface area contributed by atoms with Crippen molar-refractivity contribution in [1.29, 1.82) is 0 Å². The number of nitrogens with zero attached hydrogens (tertiary/aromatic N) is 5. The Morgan fingerprint density at radius 3 is 2.56 bits per heavy atom. The van der Waals surface area contributed by atoms with Gasteiger partial charge in [-0.25, -0.2) is 4.98 Å². The summed E-state index contributed by atoms with van der Waals surface area (Å²) in [5.41, 5.74) is 3.83. The first-order valence-corrected chi connectivity index (χ1v) is 9.25. The molecule has 6 nitrogen and oxygen atoms in total. The number of benzene rings is 1. The summed E-state index contributed by atoms with van der Waals surface area (Å²) < 4.78 is 2.96. The second-order valence-electron chi connectivity index (χ2n) is 6.54. The molecule has 3 aromatic rings. The third-order valence-electron chi connectivity index (χ3n) is 4.70. The molecule has 1 aliphatic rings. The Hall–Kier alpha value is -2.41. The Balaban J connectivity index is 1.46. The molecule has 2 aromatic heterocycles. The van der Waals surface area contributed by atoms with Crippen LogP contribution in [-0.4, -0.2) is 51.8 Å². The van der Waals surface area contributed by atoms with Crippen molar-refractivity contribution in [2.45, 2.75) is 13.8 Å². The largest absolute Gasteiger partial charge is 0.345 e. The zero-order valence-electron chi connectivity index (χ0n) is 14.7. The van der Waals surface area contributed by atoms with Crippen molar-refractivity contribution < 1.29 is 4.79 Å². The van der Waals surface area contributed by atoms with Crippen LogP contribution >= 0.6 is 11.3 Å². The van der Waals surface area contributed by atoms with E-state index in [-0.39, 0.29) is 5.91 Å². The van der Waals surface area contributed by atoms with E-state index in [4.69, 9.17) is 4.98 Å². The summed E-state index contributed by atoms with van der Waals surface area (Å²) >= 11 is 1.72. The van der Waals surface area contributed by atoms with Gasteiger partial charge in [0.1, 0.15) is 0 Å². The van der Waals surface area contributed by atoms with Crippen LogP contribution in [0.15, 0.2) is 24.3 Å². The van der Waals surface area contributed by atoms with Crippen molar-refractivity contribution in [2.24, 2.45) is 7.05 Å². The van der Waals surface area contributed by atoms with Crippen LogP contribution in [0.3, 0.4) is 0 Å². The lowest BCUT2D eigenvalue weighted by Crippen LogP contribution is -2.48. The molecule has 0 unspecified atom stereocenters. The second-order valence-corrected chi connectivity index (χ2v) is 7.55. The Morgan fingerprint density at radius 2 is 1.88 bits per heavy atom. The lowest BCUT2D eigenvalue weighted by atomic mass is 10.2. The second kappa shape index (κ2) is 6.15. The van der Waals surface area contributed by atoms with Gasteiger partial charge < -0.3 is 9.80 Å². The Bertz CT molecular complexity index is 917. The molecule has 1 saturated heterocycles. The van der Waals surface area contributed by atoms with E-state index in [0.717, 1.165) is 29.4 Å². The van der Waals surface area contributed by atoms with E-state index in [1.165, 1.54) is 10.3 Å². The van der Waals surface area contributed by atoms with Gasteiger partial charge in [0.05, 0.1) is 10.2 Å². The number of rotatable bonds is 2. The number of anilines is 1. The Morgan fingerprint density at radius 1 is 1.12 bits per heavy atom. The molecule has 0 N–H and O–H groups in total. The van der Waals surface area contributed by atoms with Crippen LogP contribution in [0, 0.1) is 13.8 Å². The van der Waals surface area contributed by atoms with Gasteiger partial charge >= 0.3 is 0 Å². The summed E-state index contributed by atoms with van der Waals surface area (Å²) in [6.45, 7) is 7.05. The molecule has 4 rings (SSSR count). The number of aryl methyl sites for hydroxylation is 3. The highest BCUT2D eigenvalue weighted by molar-refractivity contribution is 7.22. The normalized spacial score (nSPS) is 15.2. The number of carbonyl (C=O) groups is 1. The van der Waals surface area contributed by atoms with Gasteiger partial charge in [-0.3, -0.25) is 9.48 Å². The standard InChI is InChI=1S/C18H21N5OS/c1-12-4-5-14-16(10-12)25-18(19-14)23-8-6-22(7-9-23)17(24)15-11-13(2)21(3)20-15/h4-5,10-11H,6-9H2,1-3H3. The predicted octanol–water partition coefficient (Wildman–Crippen LogP) is 2.61. The molecule has 7 heteroatoms. The molecule has 130 valence electrons. The molecular formula is C18H21N5OS. The van der Waals surface area contributed by atoms with Crippen LogP contribution in [0.25, 0.3) is 10.2 Å². The van der Waals surface area contributed by atoms with E-state index in [1.54, 1.807) is 16.0 Å². The summed E-state index contributed by atoms with van der Waals surface area (Å²) in [5.74, 6) is 0.0169. The van der Waals surface area contributed by atoms with Crippen molar-refractivity contribution in [3.63, 3.8) is 0 Å². The smallest absolute Gasteiger partial charge is 0.274 e. The van der Waals surface area contributed by atoms with E-state index < -0.39 is 0 Å². The van der Waals surface area contributed by atoms with Crippen LogP contribution in [0.5, 0.6) is 0 Å². The van der Waals surface area contributed by atoms with E-state index in [1.807, 2.05) is 24.9 Å². The van der Waals surface area contributed by atoms with Crippen LogP contribution in [-0.2, 0) is 7.05 Å². The predicted molar refractivity (Wildman–Crippen MR) is 100 cm³/mol. The zero-order chi connectivity index (χ0) is 17.6. The number of hydrogen-bond acceptors (Lipinski definition) is 5. The summed E-state index contributed by atoms with van der Waals surface area (Å²) in [5, 5.41) is 5.34. The number of carbonyl (C=O) groups excluding carboxylic acids is 1. The van der Waals surface area contributed by atoms with E-state index in [0.29, 0.717) is 18.8 Å². The zero-order valence-corrected chi connectivity index (χ0v) is 15.5. The molecule has 3 heterocycles. The van der Waals surface area contributed by atoms with Gasteiger partial charge in [-0.2, -0.15) is 5.10 Å². The van der Waals surface area contributed by atoms with Gasteiger partial charge in [0.2, 0.25) is 0 Å². The van der Waals surface area contributed by atoms with Gasteiger partial charge in [0, 0.05) is 38.9 Å². The molecule has 0 atom stereocenters. The third kappa shape index (κ3) is 3.00. The fourth-order valence-corrected chi connectivity index (χ4v) is 4.20. The highest BCUT2D eigenvalue weighted by atomic mass is 32.1. The third-order valence-corrected chi connectivity index (χ3v) is 5.78. The average Bonchev–Trinajstić information content (AvgIpc) is 3.17. The number of thiazole rings is 1. The molecule has 0 bridgehead atoms. The summed E-state index contributed by atoms with van der Waals surface area (Å²) in [6.07, 6.45) is 0. The topological polar surface area (TPSA) is 54.3 Å². The van der Waals surface area contributed by atoms with E-state index >= 15 is 0 Å². The first-order chi connectivity index (χ1) is 12.0. The van der Waals surface area contributed by atoms with Crippen molar-refractivity contribution >= 4 is 32.6 Å². The van der Waals surface area contributed by atoms with Gasteiger partial charge in [-0.05, 0) is 37.6 Å². The van der Waals surface area contributed by atoms with Gasteiger partial charge in [0.15, 0.2) is 10.8 Å². The molecule has 0 aliphatic carbocycles. The fourth-order valence-electron chi connectivity index (χ4n) is 3.08. The molecule has 1 amide bonds. The molecule has 0 radical (unpaired) electrons. The first-order valence-electron chi connectivity index (χ1n) is 8.43. The monoisotopic (exact) mass is 355 g/mol. The molecular weight excluding hydrogens is 334 g/mol. The minimum atomic E-state index is 0.0169. The molecule has 0 saturated carbocycles. The van der Waals surface area contributed by atoms with Gasteiger partial charge in [0.25, 0.3) is 5.91 Å². The lowest BCUT2D eigenvalue weighted by Gasteiger charge is -2.34. The molecule has 1 aliphatic heterocycles. The lowest BCUT2D eigenvalue weighted by molar-refractivity contribution is 0.0740. The molecule has 0 spiro atoms. The minimum absolute atomic E-state index is 0.0169. The molecule has 25 heavy (non-hydrogen) atoms. The maximum Gasteiger partial charge on any atom is 0.274 e. The highest BCUT2D eigenvalue weighted by Gasteiger charge is 2.25. The number of aromatic nitrogens is 3. The van der Waals surface area contributed by atoms with Gasteiger partial charge in [-0.15, -0.1) is 0 Å². The SMILES string of the molecule is Cc1ccc2nc(N3CCN(C(=O)c4cc(C)n(C)n4)CC3)sc2c1. The fraction of sp³-hybridized carbons (Fsp3) is 0.389. The van der Waals surface area contributed by atoms with Crippen molar-refractivity contribution in [1.82, 2.24) is 19.7 Å².